The van der Waals surface area contributed by atoms with Crippen LogP contribution in [0.1, 0.15) is 11.1 Å². The first-order chi connectivity index (χ1) is 7.24. The minimum Gasteiger partial charge on any atom is -0.0591 e. The fourth-order valence-corrected chi connectivity index (χ4v) is 2.44. The van der Waals surface area contributed by atoms with E-state index in [1.54, 1.807) is 0 Å². The summed E-state index contributed by atoms with van der Waals surface area (Å²) in [7, 11) is 0.769. The summed E-state index contributed by atoms with van der Waals surface area (Å²) in [4.78, 5) is 0. The first kappa shape index (κ1) is 13.5. The Hall–Kier alpha value is -0.533. The van der Waals surface area contributed by atoms with Gasteiger partial charge in [0.05, 0.1) is 0 Å². The van der Waals surface area contributed by atoms with Gasteiger partial charge >= 0.3 is 0 Å². The van der Waals surface area contributed by atoms with Gasteiger partial charge in [0.25, 0.3) is 0 Å². The molecule has 0 fully saturated rings. The van der Waals surface area contributed by atoms with E-state index in [2.05, 4.69) is 62.4 Å². The van der Waals surface area contributed by atoms with Crippen molar-refractivity contribution in [3.8, 4) is 0 Å². The summed E-state index contributed by atoms with van der Waals surface area (Å²) in [5.41, 5.74) is 2.65. The van der Waals surface area contributed by atoms with Gasteiger partial charge < -0.3 is 0 Å². The smallest absolute Gasteiger partial charge is 0 e. The van der Waals surface area contributed by atoms with Crippen LogP contribution < -0.4 is 10.6 Å². The third-order valence-corrected chi connectivity index (χ3v) is 3.64. The van der Waals surface area contributed by atoms with Gasteiger partial charge in [-0.25, -0.2) is 0 Å². The number of rotatable bonds is 2. The molecule has 0 spiro atoms. The van der Waals surface area contributed by atoms with Crippen LogP contribution in [0.5, 0.6) is 0 Å². The topological polar surface area (TPSA) is 0 Å². The van der Waals surface area contributed by atoms with E-state index in [1.807, 2.05) is 0 Å². The van der Waals surface area contributed by atoms with Crippen molar-refractivity contribution in [1.82, 2.24) is 0 Å². The van der Waals surface area contributed by atoms with Crippen LogP contribution in [0.25, 0.3) is 0 Å². The average Bonchev–Trinajstić information content (AvgIpc) is 2.25. The van der Waals surface area contributed by atoms with Crippen LogP contribution in [-0.4, -0.2) is 18.9 Å². The van der Waals surface area contributed by atoms with Crippen LogP contribution in [0.2, 0.25) is 0 Å². The fraction of sp³-hybridized carbons (Fsp3) is 0.143. The third-order valence-electron chi connectivity index (χ3n) is 2.39. The Labute approximate surface area is 111 Å². The first-order valence-electron chi connectivity index (χ1n) is 5.14. The van der Waals surface area contributed by atoms with Crippen molar-refractivity contribution in [2.75, 3.05) is 0 Å². The van der Waals surface area contributed by atoms with E-state index in [4.69, 9.17) is 0 Å². The fourth-order valence-electron chi connectivity index (χ4n) is 1.44. The molecule has 0 saturated heterocycles. The van der Waals surface area contributed by atoms with Crippen LogP contribution in [0.15, 0.2) is 48.5 Å². The molecule has 0 bridgehead atoms. The molecule has 0 aromatic heterocycles. The van der Waals surface area contributed by atoms with Crippen LogP contribution in [0, 0.1) is 13.8 Å². The Balaban J connectivity index is 0.00000128. The maximum atomic E-state index is 2.22. The zero-order chi connectivity index (χ0) is 10.7. The molecule has 1 radical (unpaired) electrons. The number of hydrogen-bond donors (Lipinski definition) is 0. The van der Waals surface area contributed by atoms with Gasteiger partial charge in [-0.15, -0.1) is 0 Å². The van der Waals surface area contributed by atoms with E-state index >= 15 is 0 Å². The normalized spacial score (nSPS) is 9.62. The largest absolute Gasteiger partial charge is 0.0591 e. The molecule has 0 aliphatic heterocycles. The number of hydrogen-bond acceptors (Lipinski definition) is 0. The molecule has 0 N–H and O–H groups in total. The van der Waals surface area contributed by atoms with Crippen molar-refractivity contribution in [3.05, 3.63) is 59.7 Å². The summed E-state index contributed by atoms with van der Waals surface area (Å²) in [6, 6.07) is 17.6. The summed E-state index contributed by atoms with van der Waals surface area (Å²) in [5.74, 6) is 0. The minimum absolute atomic E-state index is 0. The molecule has 0 amide bonds. The molecule has 2 aromatic carbocycles. The standard InChI is InChI=1S/C14H15P.Li/c1-11-3-7-13(8-4-11)15-14-9-5-12(2)6-10-14;/h3-10,15H,1-2H3;. The SMILES string of the molecule is Cc1ccc(Pc2ccc(C)cc2)cc1.[Li]. The Kier molecular flexibility index (Phi) is 5.30. The van der Waals surface area contributed by atoms with E-state index in [-0.39, 0.29) is 18.9 Å². The Morgan fingerprint density at radius 3 is 1.25 bits per heavy atom. The van der Waals surface area contributed by atoms with Crippen LogP contribution in [-0.2, 0) is 0 Å². The Bertz CT molecular complexity index is 388. The van der Waals surface area contributed by atoms with Crippen molar-refractivity contribution in [2.45, 2.75) is 13.8 Å². The van der Waals surface area contributed by atoms with Crippen molar-refractivity contribution >= 4 is 38.1 Å². The minimum atomic E-state index is 0. The summed E-state index contributed by atoms with van der Waals surface area (Å²) in [6.45, 7) is 4.25. The predicted octanol–water partition coefficient (Wildman–Crippen LogP) is 2.55. The van der Waals surface area contributed by atoms with Crippen molar-refractivity contribution < 1.29 is 0 Å². The van der Waals surface area contributed by atoms with Gasteiger partial charge in [0.15, 0.2) is 0 Å². The van der Waals surface area contributed by atoms with Gasteiger partial charge in [-0.1, -0.05) is 68.2 Å². The Morgan fingerprint density at radius 2 is 0.938 bits per heavy atom. The molecule has 0 heterocycles. The average molecular weight is 221 g/mol. The molecule has 0 aliphatic rings. The second-order valence-corrected chi connectivity index (χ2v) is 5.26. The van der Waals surface area contributed by atoms with Gasteiger partial charge in [0, 0.05) is 18.9 Å². The van der Waals surface area contributed by atoms with Crippen LogP contribution >= 0.6 is 8.58 Å². The van der Waals surface area contributed by atoms with Crippen molar-refractivity contribution in [1.29, 1.82) is 0 Å². The maximum Gasteiger partial charge on any atom is 0 e. The summed E-state index contributed by atoms with van der Waals surface area (Å²) >= 11 is 0. The van der Waals surface area contributed by atoms with Crippen LogP contribution in [0.3, 0.4) is 0 Å². The maximum absolute atomic E-state index is 2.22. The molecule has 0 saturated carbocycles. The summed E-state index contributed by atoms with van der Waals surface area (Å²) in [5, 5.41) is 2.81. The molecule has 0 aliphatic carbocycles. The van der Waals surface area contributed by atoms with E-state index < -0.39 is 0 Å². The quantitative estimate of drug-likeness (QED) is 0.540. The molecule has 77 valence electrons. The molecular weight excluding hydrogens is 206 g/mol. The number of aryl methyl sites for hydroxylation is 2. The second-order valence-electron chi connectivity index (χ2n) is 3.86. The number of benzene rings is 2. The van der Waals surface area contributed by atoms with Gasteiger partial charge in [0.1, 0.15) is 0 Å². The first-order valence-corrected chi connectivity index (χ1v) is 6.14. The molecular formula is C14H15LiP. The summed E-state index contributed by atoms with van der Waals surface area (Å²) < 4.78 is 0. The van der Waals surface area contributed by atoms with Crippen molar-refractivity contribution in [2.24, 2.45) is 0 Å². The zero-order valence-corrected chi connectivity index (χ0v) is 11.1. The van der Waals surface area contributed by atoms with E-state index in [9.17, 15) is 0 Å². The Morgan fingerprint density at radius 1 is 0.625 bits per heavy atom. The monoisotopic (exact) mass is 221 g/mol. The second kappa shape index (κ2) is 6.26. The molecule has 0 unspecified atom stereocenters. The predicted molar refractivity (Wildman–Crippen MR) is 75.7 cm³/mol. The van der Waals surface area contributed by atoms with Gasteiger partial charge in [-0.2, -0.15) is 0 Å². The molecule has 2 aromatic rings. The summed E-state index contributed by atoms with van der Waals surface area (Å²) in [6.07, 6.45) is 0. The van der Waals surface area contributed by atoms with Gasteiger partial charge in [0.2, 0.25) is 0 Å². The van der Waals surface area contributed by atoms with Crippen molar-refractivity contribution in [3.63, 3.8) is 0 Å². The molecule has 0 nitrogen and oxygen atoms in total. The molecule has 2 rings (SSSR count). The van der Waals surface area contributed by atoms with Gasteiger partial charge in [-0.05, 0) is 24.5 Å². The van der Waals surface area contributed by atoms with Crippen LogP contribution in [0.4, 0.5) is 0 Å². The third kappa shape index (κ3) is 3.80. The van der Waals surface area contributed by atoms with E-state index in [1.165, 1.54) is 21.7 Å². The van der Waals surface area contributed by atoms with E-state index in [0.717, 1.165) is 8.58 Å². The van der Waals surface area contributed by atoms with E-state index in [0.29, 0.717) is 0 Å². The molecule has 0 atom stereocenters. The zero-order valence-electron chi connectivity index (χ0n) is 10.1. The molecule has 16 heavy (non-hydrogen) atoms. The molecule has 2 heteroatoms. The van der Waals surface area contributed by atoms with Gasteiger partial charge in [-0.3, -0.25) is 0 Å².